The van der Waals surface area contributed by atoms with Gasteiger partial charge >= 0.3 is 0 Å². The van der Waals surface area contributed by atoms with Crippen molar-refractivity contribution in [1.29, 1.82) is 0 Å². The molecule has 4 aromatic rings. The Morgan fingerprint density at radius 1 is 1.00 bits per heavy atom. The molecule has 1 atom stereocenters. The van der Waals surface area contributed by atoms with Gasteiger partial charge in [0.2, 0.25) is 5.91 Å². The van der Waals surface area contributed by atoms with Crippen LogP contribution in [0.15, 0.2) is 70.9 Å². The predicted molar refractivity (Wildman–Crippen MR) is 160 cm³/mol. The van der Waals surface area contributed by atoms with Gasteiger partial charge in [-0.1, -0.05) is 42.3 Å². The van der Waals surface area contributed by atoms with E-state index in [-0.39, 0.29) is 17.1 Å². The number of thiazole rings is 1. The van der Waals surface area contributed by atoms with Crippen LogP contribution >= 0.6 is 46.3 Å². The second kappa shape index (κ2) is 13.2. The summed E-state index contributed by atoms with van der Waals surface area (Å²) in [7, 11) is 3.00. The topological polar surface area (TPSA) is 89.5 Å². The van der Waals surface area contributed by atoms with Gasteiger partial charge < -0.3 is 20.1 Å². The molecule has 202 valence electrons. The molecule has 0 bridgehead atoms. The summed E-state index contributed by atoms with van der Waals surface area (Å²) < 4.78 is 10.7. The highest BCUT2D eigenvalue weighted by molar-refractivity contribution is 8.00. The maximum absolute atomic E-state index is 13.1. The summed E-state index contributed by atoms with van der Waals surface area (Å²) >= 11 is 15.0. The van der Waals surface area contributed by atoms with Gasteiger partial charge in [-0.25, -0.2) is 4.98 Å². The van der Waals surface area contributed by atoms with Crippen molar-refractivity contribution in [3.8, 4) is 22.8 Å². The van der Waals surface area contributed by atoms with Crippen molar-refractivity contribution in [3.63, 3.8) is 0 Å². The number of nitrogens with zero attached hydrogens (tertiary/aromatic N) is 1. The second-order valence-electron chi connectivity index (χ2n) is 8.19. The molecule has 2 N–H and O–H groups in total. The molecule has 2 amide bonds. The fourth-order valence-corrected chi connectivity index (χ4v) is 5.97. The number of hydrogen-bond acceptors (Lipinski definition) is 7. The highest BCUT2D eigenvalue weighted by atomic mass is 35.5. The molecule has 0 aliphatic heterocycles. The van der Waals surface area contributed by atoms with Crippen molar-refractivity contribution in [1.82, 2.24) is 4.98 Å². The number of aromatic nitrogens is 1. The first-order chi connectivity index (χ1) is 18.8. The number of amides is 2. The molecule has 0 radical (unpaired) electrons. The Kier molecular flexibility index (Phi) is 9.74. The van der Waals surface area contributed by atoms with E-state index in [4.69, 9.17) is 32.7 Å². The number of benzene rings is 3. The number of anilines is 2. The maximum atomic E-state index is 13.1. The first-order valence-corrected chi connectivity index (χ1v) is 14.3. The van der Waals surface area contributed by atoms with Crippen molar-refractivity contribution in [2.45, 2.75) is 23.5 Å². The van der Waals surface area contributed by atoms with Gasteiger partial charge in [0, 0.05) is 26.5 Å². The zero-order valence-corrected chi connectivity index (χ0v) is 24.4. The Hall–Kier alpha value is -3.24. The first-order valence-electron chi connectivity index (χ1n) is 11.8. The summed E-state index contributed by atoms with van der Waals surface area (Å²) in [5, 5.41) is 8.77. The molecule has 1 heterocycles. The van der Waals surface area contributed by atoms with Crippen LogP contribution in [0.1, 0.15) is 23.7 Å². The van der Waals surface area contributed by atoms with E-state index < -0.39 is 0 Å². The van der Waals surface area contributed by atoms with Crippen LogP contribution in [0.3, 0.4) is 0 Å². The van der Waals surface area contributed by atoms with Crippen LogP contribution in [0, 0.1) is 0 Å². The van der Waals surface area contributed by atoms with E-state index in [1.165, 1.54) is 37.3 Å². The molecule has 3 aromatic carbocycles. The zero-order valence-electron chi connectivity index (χ0n) is 21.3. The Bertz CT molecular complexity index is 1470. The molecule has 0 fully saturated rings. The summed E-state index contributed by atoms with van der Waals surface area (Å²) in [6.45, 7) is 1.94. The minimum absolute atomic E-state index is 0.168. The van der Waals surface area contributed by atoms with Crippen LogP contribution in [0.2, 0.25) is 10.0 Å². The largest absolute Gasteiger partial charge is 0.496 e. The number of halogens is 2. The Morgan fingerprint density at radius 2 is 1.72 bits per heavy atom. The summed E-state index contributed by atoms with van der Waals surface area (Å²) in [6.07, 6.45) is 0.590. The van der Waals surface area contributed by atoms with E-state index in [1.54, 1.807) is 42.5 Å². The molecule has 0 aliphatic carbocycles. The van der Waals surface area contributed by atoms with Gasteiger partial charge in [-0.15, -0.1) is 23.1 Å². The van der Waals surface area contributed by atoms with Gasteiger partial charge in [-0.3, -0.25) is 9.59 Å². The lowest BCUT2D eigenvalue weighted by molar-refractivity contribution is -0.115. The highest BCUT2D eigenvalue weighted by Gasteiger charge is 2.21. The molecule has 7 nitrogen and oxygen atoms in total. The van der Waals surface area contributed by atoms with Gasteiger partial charge in [-0.2, -0.15) is 0 Å². The molecule has 0 saturated heterocycles. The third-order valence-corrected chi connectivity index (χ3v) is 8.29. The van der Waals surface area contributed by atoms with Gasteiger partial charge in [0.1, 0.15) is 17.1 Å². The predicted octanol–water partition coefficient (Wildman–Crippen LogP) is 7.90. The molecule has 1 aromatic heterocycles. The Balaban J connectivity index is 1.44. The molecular formula is C28H25Cl2N3O4S2. The summed E-state index contributed by atoms with van der Waals surface area (Å²) in [5.41, 5.74) is 2.28. The fourth-order valence-electron chi connectivity index (χ4n) is 3.74. The number of hydrogen-bond donors (Lipinski definition) is 2. The number of rotatable bonds is 10. The number of carbonyl (C=O) groups is 2. The molecule has 0 spiro atoms. The van der Waals surface area contributed by atoms with E-state index in [0.717, 1.165) is 10.5 Å². The Labute approximate surface area is 244 Å². The second-order valence-corrected chi connectivity index (χ2v) is 11.2. The van der Waals surface area contributed by atoms with Gasteiger partial charge in [0.05, 0.1) is 30.2 Å². The number of nitrogens with one attached hydrogen (secondary N) is 2. The first kappa shape index (κ1) is 28.8. The van der Waals surface area contributed by atoms with Crippen LogP contribution < -0.4 is 20.1 Å². The number of ether oxygens (including phenoxy) is 2. The summed E-state index contributed by atoms with van der Waals surface area (Å²) in [6, 6.07) is 17.7. The van der Waals surface area contributed by atoms with Crippen LogP contribution in [-0.4, -0.2) is 36.3 Å². The van der Waals surface area contributed by atoms with Crippen LogP contribution in [0.25, 0.3) is 11.3 Å². The molecule has 0 saturated carbocycles. The number of thioether (sulfide) groups is 1. The van der Waals surface area contributed by atoms with Crippen molar-refractivity contribution >= 4 is 68.9 Å². The number of carbonyl (C=O) groups excluding carboxylic acids is 2. The molecule has 39 heavy (non-hydrogen) atoms. The smallest absolute Gasteiger partial charge is 0.263 e. The van der Waals surface area contributed by atoms with Crippen molar-refractivity contribution in [2.75, 3.05) is 24.9 Å². The third kappa shape index (κ3) is 7.05. The van der Waals surface area contributed by atoms with Crippen molar-refractivity contribution in [2.24, 2.45) is 0 Å². The quantitative estimate of drug-likeness (QED) is 0.180. The monoisotopic (exact) mass is 601 g/mol. The molecule has 0 aliphatic rings. The van der Waals surface area contributed by atoms with Crippen LogP contribution in [0.5, 0.6) is 11.5 Å². The molecule has 11 heteroatoms. The van der Waals surface area contributed by atoms with Crippen LogP contribution in [-0.2, 0) is 4.79 Å². The van der Waals surface area contributed by atoms with Crippen molar-refractivity contribution in [3.05, 3.63) is 81.7 Å². The summed E-state index contributed by atoms with van der Waals surface area (Å²) in [5.74, 6) is 0.281. The minimum Gasteiger partial charge on any atom is -0.496 e. The zero-order chi connectivity index (χ0) is 27.9. The minimum atomic E-state index is -0.378. The van der Waals surface area contributed by atoms with Crippen LogP contribution in [0.4, 0.5) is 10.8 Å². The Morgan fingerprint density at radius 3 is 2.38 bits per heavy atom. The summed E-state index contributed by atoms with van der Waals surface area (Å²) in [4.78, 5) is 31.5. The fraction of sp³-hybridized carbons (Fsp3) is 0.179. The lowest BCUT2D eigenvalue weighted by Crippen LogP contribution is -2.24. The normalized spacial score (nSPS) is 11.5. The SMILES string of the molecule is CCC(Sc1cccc(NC(=O)c2c(OC)cccc2OC)c1)C(=O)Nc1nc(-c2ccc(Cl)cc2Cl)cs1. The highest BCUT2D eigenvalue weighted by Crippen LogP contribution is 2.34. The number of methoxy groups -OCH3 is 2. The lowest BCUT2D eigenvalue weighted by atomic mass is 10.1. The van der Waals surface area contributed by atoms with E-state index in [2.05, 4.69) is 15.6 Å². The standard InChI is InChI=1S/C28H25Cl2N3O4S2/c1-4-24(26(34)33-28-32-21(15-38-28)19-12-11-16(29)13-20(19)30)39-18-8-5-7-17(14-18)31-27(35)25-22(36-2)9-6-10-23(25)37-3/h5-15,24H,4H2,1-3H3,(H,31,35)(H,32,33,34). The average Bonchev–Trinajstić information content (AvgIpc) is 3.39. The van der Waals surface area contributed by atoms with E-state index >= 15 is 0 Å². The average molecular weight is 603 g/mol. The van der Waals surface area contributed by atoms with Gasteiger partial charge in [0.15, 0.2) is 5.13 Å². The molecular weight excluding hydrogens is 577 g/mol. The lowest BCUT2D eigenvalue weighted by Gasteiger charge is -2.15. The maximum Gasteiger partial charge on any atom is 0.263 e. The van der Waals surface area contributed by atoms with E-state index in [1.807, 2.05) is 30.5 Å². The van der Waals surface area contributed by atoms with Crippen molar-refractivity contribution < 1.29 is 19.1 Å². The van der Waals surface area contributed by atoms with E-state index in [0.29, 0.717) is 50.0 Å². The molecule has 1 unspecified atom stereocenters. The molecule has 4 rings (SSSR count). The van der Waals surface area contributed by atoms with Gasteiger partial charge in [-0.05, 0) is 55.0 Å². The van der Waals surface area contributed by atoms with E-state index in [9.17, 15) is 9.59 Å². The van der Waals surface area contributed by atoms with Gasteiger partial charge in [0.25, 0.3) is 5.91 Å². The third-order valence-electron chi connectivity index (χ3n) is 5.63.